The Bertz CT molecular complexity index is 1540. The Kier molecular flexibility index (Phi) is 9.28. The molecule has 0 aromatic heterocycles. The minimum absolute atomic E-state index is 0.512. The summed E-state index contributed by atoms with van der Waals surface area (Å²) in [6.45, 7) is 11.6. The number of rotatable bonds is 8. The van der Waals surface area contributed by atoms with Crippen molar-refractivity contribution in [3.05, 3.63) is 149 Å². The monoisotopic (exact) mass is 598 g/mol. The van der Waals surface area contributed by atoms with Crippen molar-refractivity contribution >= 4 is 42.4 Å². The molecule has 43 heavy (non-hydrogen) atoms. The SMILES string of the molecule is Cc1cc(C)cc(P(c2cc(C)cc(C)c2)[C@H](C)[C@@H]2CCCC2c2ccccc2P(c2ccccc2)c2ccccc2)c1. The van der Waals surface area contributed by atoms with E-state index in [4.69, 9.17) is 0 Å². The van der Waals surface area contributed by atoms with Crippen molar-refractivity contribution in [3.8, 4) is 0 Å². The Morgan fingerprint density at radius 3 is 1.51 bits per heavy atom. The molecule has 6 rings (SSSR count). The lowest BCUT2D eigenvalue weighted by atomic mass is 9.87. The van der Waals surface area contributed by atoms with E-state index >= 15 is 0 Å². The molecule has 0 nitrogen and oxygen atoms in total. The summed E-state index contributed by atoms with van der Waals surface area (Å²) in [7, 11) is -1.15. The zero-order valence-corrected chi connectivity index (χ0v) is 28.1. The second kappa shape index (κ2) is 13.3. The first-order chi connectivity index (χ1) is 20.9. The average molecular weight is 599 g/mol. The molecule has 1 aliphatic carbocycles. The van der Waals surface area contributed by atoms with Crippen LogP contribution in [0.5, 0.6) is 0 Å². The summed E-state index contributed by atoms with van der Waals surface area (Å²) in [5, 5.41) is 7.50. The van der Waals surface area contributed by atoms with E-state index in [9.17, 15) is 0 Å². The Morgan fingerprint density at radius 1 is 0.535 bits per heavy atom. The van der Waals surface area contributed by atoms with Crippen LogP contribution in [0.4, 0.5) is 0 Å². The molecule has 0 heterocycles. The van der Waals surface area contributed by atoms with Gasteiger partial charge in [-0.15, -0.1) is 0 Å². The molecule has 1 saturated carbocycles. The average Bonchev–Trinajstić information content (AvgIpc) is 3.48. The normalized spacial score (nSPS) is 17.5. The van der Waals surface area contributed by atoms with E-state index in [2.05, 4.69) is 156 Å². The van der Waals surface area contributed by atoms with E-state index in [0.29, 0.717) is 17.5 Å². The molecule has 1 unspecified atom stereocenters. The summed E-state index contributed by atoms with van der Waals surface area (Å²) < 4.78 is 0. The van der Waals surface area contributed by atoms with Crippen LogP contribution in [0, 0.1) is 33.6 Å². The van der Waals surface area contributed by atoms with Crippen LogP contribution >= 0.6 is 15.8 Å². The molecule has 218 valence electrons. The molecule has 5 aromatic carbocycles. The van der Waals surface area contributed by atoms with Gasteiger partial charge in [-0.1, -0.05) is 157 Å². The van der Waals surface area contributed by atoms with Crippen molar-refractivity contribution < 1.29 is 0 Å². The van der Waals surface area contributed by atoms with Gasteiger partial charge in [0.25, 0.3) is 0 Å². The third-order valence-corrected chi connectivity index (χ3v) is 14.5. The van der Waals surface area contributed by atoms with Crippen LogP contribution in [0.3, 0.4) is 0 Å². The predicted octanol–water partition coefficient (Wildman–Crippen LogP) is 9.08. The first-order valence-electron chi connectivity index (χ1n) is 15.8. The standard InChI is InChI=1S/C41H44P2/c1-29-23-30(2)26-36(25-29)42(37-27-31(3)24-32(4)28-37)33(5)38-20-14-21-39(38)40-19-12-13-22-41(40)43(34-15-8-6-9-16-34)35-17-10-7-11-18-35/h6-13,15-19,22-28,33,38-39H,14,20-21H2,1-5H3/t33-,38+,39?/m1/s1. The molecule has 0 radical (unpaired) electrons. The zero-order chi connectivity index (χ0) is 29.9. The Morgan fingerprint density at radius 2 is 1.00 bits per heavy atom. The van der Waals surface area contributed by atoms with Gasteiger partial charge in [0.2, 0.25) is 0 Å². The molecule has 2 heteroatoms. The second-order valence-electron chi connectivity index (χ2n) is 12.6. The third-order valence-electron chi connectivity index (χ3n) is 9.17. The quantitative estimate of drug-likeness (QED) is 0.156. The van der Waals surface area contributed by atoms with Gasteiger partial charge in [0.15, 0.2) is 0 Å². The van der Waals surface area contributed by atoms with Gasteiger partial charge in [-0.3, -0.25) is 0 Å². The van der Waals surface area contributed by atoms with Gasteiger partial charge in [-0.2, -0.15) is 0 Å². The maximum atomic E-state index is 2.59. The Labute approximate surface area is 262 Å². The smallest absolute Gasteiger partial charge is 0.0116 e. The molecular formula is C41H44P2. The first kappa shape index (κ1) is 30.0. The topological polar surface area (TPSA) is 0 Å². The Balaban J connectivity index is 1.45. The lowest BCUT2D eigenvalue weighted by Crippen LogP contribution is -2.30. The molecule has 0 amide bonds. The number of benzene rings is 5. The highest BCUT2D eigenvalue weighted by Crippen LogP contribution is 2.53. The van der Waals surface area contributed by atoms with Crippen molar-refractivity contribution in [3.63, 3.8) is 0 Å². The third kappa shape index (κ3) is 6.58. The largest absolute Gasteiger partial charge is 0.0622 e. The maximum Gasteiger partial charge on any atom is -0.0116 e. The van der Waals surface area contributed by atoms with Crippen molar-refractivity contribution in [2.24, 2.45) is 5.92 Å². The van der Waals surface area contributed by atoms with Crippen LogP contribution in [0.25, 0.3) is 0 Å². The van der Waals surface area contributed by atoms with E-state index in [1.54, 1.807) is 21.5 Å². The van der Waals surface area contributed by atoms with Crippen LogP contribution in [0.15, 0.2) is 121 Å². The van der Waals surface area contributed by atoms with E-state index in [1.807, 2.05) is 0 Å². The van der Waals surface area contributed by atoms with Crippen LogP contribution in [-0.4, -0.2) is 5.66 Å². The van der Waals surface area contributed by atoms with Gasteiger partial charge in [-0.25, -0.2) is 0 Å². The fourth-order valence-electron chi connectivity index (χ4n) is 7.53. The molecule has 0 saturated heterocycles. The molecule has 0 spiro atoms. The van der Waals surface area contributed by atoms with Gasteiger partial charge in [0.05, 0.1) is 0 Å². The second-order valence-corrected chi connectivity index (χ2v) is 17.3. The van der Waals surface area contributed by atoms with E-state index in [1.165, 1.54) is 52.1 Å². The first-order valence-corrected chi connectivity index (χ1v) is 18.6. The van der Waals surface area contributed by atoms with Gasteiger partial charge in [0.1, 0.15) is 0 Å². The lowest BCUT2D eigenvalue weighted by Gasteiger charge is -2.35. The molecule has 5 aromatic rings. The predicted molar refractivity (Wildman–Crippen MR) is 193 cm³/mol. The molecule has 0 aliphatic heterocycles. The van der Waals surface area contributed by atoms with Crippen LogP contribution in [0.2, 0.25) is 0 Å². The summed E-state index contributed by atoms with van der Waals surface area (Å²) in [6.07, 6.45) is 3.90. The summed E-state index contributed by atoms with van der Waals surface area (Å²) in [6, 6.07) is 46.5. The highest BCUT2D eigenvalue weighted by molar-refractivity contribution is 7.80. The van der Waals surface area contributed by atoms with Crippen LogP contribution < -0.4 is 26.5 Å². The molecule has 1 aliphatic rings. The van der Waals surface area contributed by atoms with Crippen molar-refractivity contribution in [2.75, 3.05) is 0 Å². The van der Waals surface area contributed by atoms with Crippen molar-refractivity contribution in [2.45, 2.75) is 65.5 Å². The van der Waals surface area contributed by atoms with Crippen LogP contribution in [-0.2, 0) is 0 Å². The summed E-state index contributed by atoms with van der Waals surface area (Å²) >= 11 is 0. The fourth-order valence-corrected chi connectivity index (χ4v) is 13.4. The van der Waals surface area contributed by atoms with Crippen LogP contribution in [0.1, 0.15) is 59.9 Å². The Hall–Kier alpha value is -3.04. The van der Waals surface area contributed by atoms with E-state index in [-0.39, 0.29) is 0 Å². The molecule has 0 N–H and O–H groups in total. The number of aryl methyl sites for hydroxylation is 4. The van der Waals surface area contributed by atoms with Gasteiger partial charge >= 0.3 is 0 Å². The highest BCUT2D eigenvalue weighted by atomic mass is 31.1. The van der Waals surface area contributed by atoms with E-state index in [0.717, 1.165) is 0 Å². The fraction of sp³-hybridized carbons (Fsp3) is 0.268. The molecular weight excluding hydrogens is 554 g/mol. The van der Waals surface area contributed by atoms with Gasteiger partial charge < -0.3 is 0 Å². The minimum Gasteiger partial charge on any atom is -0.0622 e. The molecule has 0 bridgehead atoms. The minimum atomic E-state index is -0.636. The summed E-state index contributed by atoms with van der Waals surface area (Å²) in [5.41, 5.74) is 7.68. The van der Waals surface area contributed by atoms with Gasteiger partial charge in [0, 0.05) is 0 Å². The molecule has 3 atom stereocenters. The maximum absolute atomic E-state index is 2.59. The zero-order valence-electron chi connectivity index (χ0n) is 26.3. The van der Waals surface area contributed by atoms with Crippen molar-refractivity contribution in [1.29, 1.82) is 0 Å². The lowest BCUT2D eigenvalue weighted by molar-refractivity contribution is 0.480. The summed E-state index contributed by atoms with van der Waals surface area (Å²) in [4.78, 5) is 0. The molecule has 1 fully saturated rings. The summed E-state index contributed by atoms with van der Waals surface area (Å²) in [5.74, 6) is 1.22. The van der Waals surface area contributed by atoms with Gasteiger partial charge in [-0.05, 0) is 106 Å². The van der Waals surface area contributed by atoms with Crippen molar-refractivity contribution in [1.82, 2.24) is 0 Å². The number of hydrogen-bond acceptors (Lipinski definition) is 0. The highest BCUT2D eigenvalue weighted by Gasteiger charge is 2.39. The number of hydrogen-bond donors (Lipinski definition) is 0. The van der Waals surface area contributed by atoms with E-state index < -0.39 is 15.8 Å².